The lowest BCUT2D eigenvalue weighted by Gasteiger charge is -2.19. The molecule has 14 heavy (non-hydrogen) atoms. The maximum Gasteiger partial charge on any atom is 0.0724 e. The average molecular weight is 200 g/mol. The van der Waals surface area contributed by atoms with Crippen molar-refractivity contribution in [1.82, 2.24) is 10.6 Å². The van der Waals surface area contributed by atoms with Gasteiger partial charge in [0.25, 0.3) is 0 Å². The molecule has 1 aliphatic carbocycles. The van der Waals surface area contributed by atoms with E-state index in [1.807, 2.05) is 14.2 Å². The largest absolute Gasteiger partial charge is 0.380 e. The molecule has 0 saturated heterocycles. The minimum Gasteiger partial charge on any atom is -0.380 e. The van der Waals surface area contributed by atoms with E-state index in [0.29, 0.717) is 12.1 Å². The summed E-state index contributed by atoms with van der Waals surface area (Å²) in [7, 11) is 3.83. The highest BCUT2D eigenvalue weighted by Crippen LogP contribution is 2.21. The Morgan fingerprint density at radius 1 is 1.21 bits per heavy atom. The number of hydrogen-bond acceptors (Lipinski definition) is 3. The highest BCUT2D eigenvalue weighted by Gasteiger charge is 2.25. The van der Waals surface area contributed by atoms with Gasteiger partial charge in [0, 0.05) is 13.2 Å². The summed E-state index contributed by atoms with van der Waals surface area (Å²) in [5.74, 6) is 0. The lowest BCUT2D eigenvalue weighted by Crippen LogP contribution is -2.37. The second-order valence-electron chi connectivity index (χ2n) is 4.08. The van der Waals surface area contributed by atoms with Crippen molar-refractivity contribution >= 4 is 0 Å². The summed E-state index contributed by atoms with van der Waals surface area (Å²) in [6.45, 7) is 2.26. The molecular formula is C11H24N2O. The van der Waals surface area contributed by atoms with E-state index >= 15 is 0 Å². The van der Waals surface area contributed by atoms with Crippen molar-refractivity contribution in [1.29, 1.82) is 0 Å². The lowest BCUT2D eigenvalue weighted by molar-refractivity contribution is 0.0852. The van der Waals surface area contributed by atoms with Gasteiger partial charge in [-0.15, -0.1) is 0 Å². The van der Waals surface area contributed by atoms with Crippen LogP contribution in [0.25, 0.3) is 0 Å². The number of unbranched alkanes of at least 4 members (excludes halogenated alkanes) is 1. The maximum atomic E-state index is 5.43. The van der Waals surface area contributed by atoms with E-state index in [2.05, 4.69) is 10.6 Å². The van der Waals surface area contributed by atoms with Crippen LogP contribution < -0.4 is 10.6 Å². The molecule has 3 nitrogen and oxygen atoms in total. The van der Waals surface area contributed by atoms with E-state index in [1.165, 1.54) is 32.1 Å². The predicted octanol–water partition coefficient (Wildman–Crippen LogP) is 1.14. The molecule has 0 aliphatic heterocycles. The van der Waals surface area contributed by atoms with E-state index in [0.717, 1.165) is 13.1 Å². The summed E-state index contributed by atoms with van der Waals surface area (Å²) in [6, 6.07) is 0.606. The zero-order valence-electron chi connectivity index (χ0n) is 9.51. The third-order valence-corrected chi connectivity index (χ3v) is 3.02. The molecule has 0 amide bonds. The molecule has 2 unspecified atom stereocenters. The van der Waals surface area contributed by atoms with Gasteiger partial charge in [-0.2, -0.15) is 0 Å². The van der Waals surface area contributed by atoms with Crippen LogP contribution in [0.1, 0.15) is 32.1 Å². The molecule has 0 aromatic heterocycles. The summed E-state index contributed by atoms with van der Waals surface area (Å²) in [5, 5.41) is 6.75. The fourth-order valence-corrected chi connectivity index (χ4v) is 2.16. The Labute approximate surface area is 87.6 Å². The first-order valence-electron chi connectivity index (χ1n) is 5.79. The SMILES string of the molecule is CNCCCCNC1CCCC1OC. The Hall–Kier alpha value is -0.120. The van der Waals surface area contributed by atoms with E-state index in [1.54, 1.807) is 0 Å². The van der Waals surface area contributed by atoms with Gasteiger partial charge in [0.15, 0.2) is 0 Å². The van der Waals surface area contributed by atoms with Crippen LogP contribution in [0.15, 0.2) is 0 Å². The fraction of sp³-hybridized carbons (Fsp3) is 1.00. The van der Waals surface area contributed by atoms with Gasteiger partial charge in [0.05, 0.1) is 6.10 Å². The van der Waals surface area contributed by atoms with Crippen LogP contribution in [0.3, 0.4) is 0 Å². The monoisotopic (exact) mass is 200 g/mol. The smallest absolute Gasteiger partial charge is 0.0724 e. The lowest BCUT2D eigenvalue weighted by atomic mass is 10.2. The molecule has 0 radical (unpaired) electrons. The Bertz CT molecular complexity index is 141. The van der Waals surface area contributed by atoms with Crippen molar-refractivity contribution in [3.63, 3.8) is 0 Å². The molecular weight excluding hydrogens is 176 g/mol. The van der Waals surface area contributed by atoms with Crippen molar-refractivity contribution in [3.05, 3.63) is 0 Å². The van der Waals surface area contributed by atoms with Crippen molar-refractivity contribution < 1.29 is 4.74 Å². The van der Waals surface area contributed by atoms with Crippen LogP contribution in [0.5, 0.6) is 0 Å². The van der Waals surface area contributed by atoms with Gasteiger partial charge >= 0.3 is 0 Å². The molecule has 1 fully saturated rings. The zero-order chi connectivity index (χ0) is 10.2. The molecule has 0 spiro atoms. The third kappa shape index (κ3) is 3.95. The van der Waals surface area contributed by atoms with Crippen molar-refractivity contribution in [2.24, 2.45) is 0 Å². The molecule has 3 heteroatoms. The zero-order valence-corrected chi connectivity index (χ0v) is 9.51. The van der Waals surface area contributed by atoms with Crippen LogP contribution in [0.4, 0.5) is 0 Å². The number of nitrogens with one attached hydrogen (secondary N) is 2. The number of rotatable bonds is 7. The van der Waals surface area contributed by atoms with Crippen LogP contribution >= 0.6 is 0 Å². The highest BCUT2D eigenvalue weighted by molar-refractivity contribution is 4.83. The molecule has 0 heterocycles. The average Bonchev–Trinajstić information content (AvgIpc) is 2.65. The van der Waals surface area contributed by atoms with E-state index in [4.69, 9.17) is 4.74 Å². The second kappa shape index (κ2) is 7.21. The Balaban J connectivity index is 2.00. The van der Waals surface area contributed by atoms with Crippen LogP contribution in [-0.4, -0.2) is 39.4 Å². The molecule has 0 bridgehead atoms. The number of hydrogen-bond donors (Lipinski definition) is 2. The summed E-state index contributed by atoms with van der Waals surface area (Å²) >= 11 is 0. The minimum atomic E-state index is 0.458. The van der Waals surface area contributed by atoms with E-state index in [-0.39, 0.29) is 0 Å². The van der Waals surface area contributed by atoms with Gasteiger partial charge in [-0.1, -0.05) is 0 Å². The fourth-order valence-electron chi connectivity index (χ4n) is 2.16. The second-order valence-corrected chi connectivity index (χ2v) is 4.08. The summed E-state index contributed by atoms with van der Waals surface area (Å²) in [4.78, 5) is 0. The van der Waals surface area contributed by atoms with Crippen LogP contribution in [0, 0.1) is 0 Å². The Morgan fingerprint density at radius 3 is 2.71 bits per heavy atom. The highest BCUT2D eigenvalue weighted by atomic mass is 16.5. The Morgan fingerprint density at radius 2 is 2.00 bits per heavy atom. The van der Waals surface area contributed by atoms with E-state index < -0.39 is 0 Å². The molecule has 1 aliphatic rings. The van der Waals surface area contributed by atoms with Gasteiger partial charge in [-0.05, 0) is 52.2 Å². The summed E-state index contributed by atoms with van der Waals surface area (Å²) in [6.07, 6.45) is 6.79. The van der Waals surface area contributed by atoms with Gasteiger partial charge in [-0.25, -0.2) is 0 Å². The standard InChI is InChI=1S/C11H24N2O/c1-12-8-3-4-9-13-10-6-5-7-11(10)14-2/h10-13H,3-9H2,1-2H3. The molecule has 84 valence electrons. The van der Waals surface area contributed by atoms with Crippen LogP contribution in [0.2, 0.25) is 0 Å². The molecule has 0 aromatic carbocycles. The first kappa shape index (κ1) is 12.0. The Kier molecular flexibility index (Phi) is 6.15. The van der Waals surface area contributed by atoms with Gasteiger partial charge in [-0.3, -0.25) is 0 Å². The van der Waals surface area contributed by atoms with Crippen LogP contribution in [-0.2, 0) is 4.74 Å². The number of methoxy groups -OCH3 is 1. The van der Waals surface area contributed by atoms with Gasteiger partial charge in [0.2, 0.25) is 0 Å². The first-order valence-corrected chi connectivity index (χ1v) is 5.79. The summed E-state index contributed by atoms with van der Waals surface area (Å²) in [5.41, 5.74) is 0. The minimum absolute atomic E-state index is 0.458. The van der Waals surface area contributed by atoms with Gasteiger partial charge < -0.3 is 15.4 Å². The number of ether oxygens (including phenoxy) is 1. The van der Waals surface area contributed by atoms with Crippen molar-refractivity contribution in [3.8, 4) is 0 Å². The summed E-state index contributed by atoms with van der Waals surface area (Å²) < 4.78 is 5.43. The van der Waals surface area contributed by atoms with E-state index in [9.17, 15) is 0 Å². The molecule has 2 atom stereocenters. The molecule has 1 saturated carbocycles. The van der Waals surface area contributed by atoms with Crippen molar-refractivity contribution in [2.45, 2.75) is 44.2 Å². The molecule has 1 rings (SSSR count). The topological polar surface area (TPSA) is 33.3 Å². The molecule has 2 N–H and O–H groups in total. The normalized spacial score (nSPS) is 27.0. The van der Waals surface area contributed by atoms with Gasteiger partial charge in [0.1, 0.15) is 0 Å². The maximum absolute atomic E-state index is 5.43. The quantitative estimate of drug-likeness (QED) is 0.605. The predicted molar refractivity (Wildman–Crippen MR) is 59.6 cm³/mol. The molecule has 0 aromatic rings. The van der Waals surface area contributed by atoms with Crippen molar-refractivity contribution in [2.75, 3.05) is 27.2 Å². The first-order chi connectivity index (χ1) is 6.88. The third-order valence-electron chi connectivity index (χ3n) is 3.02.